The van der Waals surface area contributed by atoms with E-state index in [2.05, 4.69) is 13.8 Å². The number of hydrogen-bond donors (Lipinski definition) is 1. The Balaban J connectivity index is 2.26. The molecule has 17 heavy (non-hydrogen) atoms. The van der Waals surface area contributed by atoms with Gasteiger partial charge in [-0.05, 0) is 37.5 Å². The molecule has 1 aromatic rings. The van der Waals surface area contributed by atoms with E-state index in [4.69, 9.17) is 9.84 Å². The molecule has 0 amide bonds. The summed E-state index contributed by atoms with van der Waals surface area (Å²) in [6.07, 6.45) is 6.52. The minimum Gasteiger partial charge on any atom is -0.491 e. The van der Waals surface area contributed by atoms with Gasteiger partial charge in [0.2, 0.25) is 0 Å². The van der Waals surface area contributed by atoms with E-state index in [1.807, 2.05) is 24.3 Å². The third-order valence-electron chi connectivity index (χ3n) is 2.91. The molecule has 0 aromatic heterocycles. The fourth-order valence-corrected chi connectivity index (χ4v) is 1.82. The van der Waals surface area contributed by atoms with Crippen LogP contribution in [0.15, 0.2) is 24.3 Å². The Kier molecular flexibility index (Phi) is 6.71. The first-order valence-corrected chi connectivity index (χ1v) is 6.62. The molecule has 0 saturated heterocycles. The van der Waals surface area contributed by atoms with Crippen LogP contribution in [0.25, 0.3) is 0 Å². The van der Waals surface area contributed by atoms with Crippen LogP contribution in [0.1, 0.15) is 51.5 Å². The lowest BCUT2D eigenvalue weighted by Gasteiger charge is -2.14. The summed E-state index contributed by atoms with van der Waals surface area (Å²) < 4.78 is 5.81. The lowest BCUT2D eigenvalue weighted by atomic mass is 10.1. The quantitative estimate of drug-likeness (QED) is 0.693. The Morgan fingerprint density at radius 2 is 1.82 bits per heavy atom. The van der Waals surface area contributed by atoms with Gasteiger partial charge in [-0.25, -0.2) is 0 Å². The number of aliphatic hydroxyl groups is 1. The van der Waals surface area contributed by atoms with Gasteiger partial charge in [-0.1, -0.05) is 38.3 Å². The van der Waals surface area contributed by atoms with Crippen LogP contribution in [-0.4, -0.2) is 11.2 Å². The average Bonchev–Trinajstić information content (AvgIpc) is 2.36. The van der Waals surface area contributed by atoms with Crippen LogP contribution in [0.3, 0.4) is 0 Å². The van der Waals surface area contributed by atoms with Crippen molar-refractivity contribution in [3.63, 3.8) is 0 Å². The predicted molar refractivity (Wildman–Crippen MR) is 71.2 cm³/mol. The van der Waals surface area contributed by atoms with Crippen LogP contribution >= 0.6 is 0 Å². The molecule has 1 atom stereocenters. The molecule has 1 aromatic carbocycles. The van der Waals surface area contributed by atoms with Gasteiger partial charge in [0.25, 0.3) is 0 Å². The van der Waals surface area contributed by atoms with Crippen molar-refractivity contribution in [1.82, 2.24) is 0 Å². The molecule has 0 saturated carbocycles. The Labute approximate surface area is 105 Å². The topological polar surface area (TPSA) is 29.5 Å². The monoisotopic (exact) mass is 236 g/mol. The molecule has 0 aliphatic rings. The second-order valence-corrected chi connectivity index (χ2v) is 4.58. The van der Waals surface area contributed by atoms with E-state index in [-0.39, 0.29) is 12.7 Å². The smallest absolute Gasteiger partial charge is 0.119 e. The first kappa shape index (κ1) is 14.0. The molecule has 1 N–H and O–H groups in total. The first-order valence-electron chi connectivity index (χ1n) is 6.62. The van der Waals surface area contributed by atoms with Gasteiger partial charge < -0.3 is 9.84 Å². The molecular weight excluding hydrogens is 212 g/mol. The summed E-state index contributed by atoms with van der Waals surface area (Å²) in [5.41, 5.74) is 0.924. The number of rotatable bonds is 8. The predicted octanol–water partition coefficient (Wildman–Crippen LogP) is 3.92. The number of benzene rings is 1. The molecule has 0 bridgehead atoms. The van der Waals surface area contributed by atoms with Crippen molar-refractivity contribution < 1.29 is 9.84 Å². The lowest BCUT2D eigenvalue weighted by Crippen LogP contribution is -2.11. The number of ether oxygens (including phenoxy) is 1. The molecule has 96 valence electrons. The second kappa shape index (κ2) is 8.13. The Hall–Kier alpha value is -1.02. The fraction of sp³-hybridized carbons (Fsp3) is 0.600. The SMILES string of the molecule is CCCCCC[C@@H](C)Oc1ccc(CO)cc1. The van der Waals surface area contributed by atoms with E-state index < -0.39 is 0 Å². The maximum absolute atomic E-state index is 8.94. The molecule has 1 rings (SSSR count). The molecule has 0 radical (unpaired) electrons. The van der Waals surface area contributed by atoms with E-state index in [1.165, 1.54) is 25.7 Å². The molecule has 0 spiro atoms. The third kappa shape index (κ3) is 5.73. The maximum Gasteiger partial charge on any atom is 0.119 e. The molecule has 2 nitrogen and oxygen atoms in total. The summed E-state index contributed by atoms with van der Waals surface area (Å²) in [4.78, 5) is 0. The van der Waals surface area contributed by atoms with Crippen molar-refractivity contribution >= 4 is 0 Å². The van der Waals surface area contributed by atoms with Crippen LogP contribution in [0.2, 0.25) is 0 Å². The van der Waals surface area contributed by atoms with Crippen LogP contribution in [0.5, 0.6) is 5.75 Å². The van der Waals surface area contributed by atoms with Gasteiger partial charge in [0.15, 0.2) is 0 Å². The van der Waals surface area contributed by atoms with Gasteiger partial charge in [0.05, 0.1) is 12.7 Å². The fourth-order valence-electron chi connectivity index (χ4n) is 1.82. The van der Waals surface area contributed by atoms with Crippen LogP contribution in [-0.2, 0) is 6.61 Å². The van der Waals surface area contributed by atoms with Gasteiger partial charge in [0.1, 0.15) is 5.75 Å². The zero-order valence-electron chi connectivity index (χ0n) is 11.0. The minimum atomic E-state index is 0.0901. The van der Waals surface area contributed by atoms with Gasteiger partial charge in [-0.3, -0.25) is 0 Å². The largest absolute Gasteiger partial charge is 0.491 e. The number of aliphatic hydroxyl groups excluding tert-OH is 1. The highest BCUT2D eigenvalue weighted by atomic mass is 16.5. The normalized spacial score (nSPS) is 12.4. The number of unbranched alkanes of at least 4 members (excludes halogenated alkanes) is 3. The summed E-state index contributed by atoms with van der Waals surface area (Å²) in [5, 5.41) is 8.94. The van der Waals surface area contributed by atoms with Crippen molar-refractivity contribution in [2.75, 3.05) is 0 Å². The van der Waals surface area contributed by atoms with Crippen molar-refractivity contribution in [1.29, 1.82) is 0 Å². The molecule has 2 heteroatoms. The Bertz CT molecular complexity index is 292. The minimum absolute atomic E-state index is 0.0901. The first-order chi connectivity index (χ1) is 8.26. The molecule has 0 fully saturated rings. The van der Waals surface area contributed by atoms with Crippen molar-refractivity contribution in [3.8, 4) is 5.75 Å². The van der Waals surface area contributed by atoms with Crippen molar-refractivity contribution in [2.45, 2.75) is 58.7 Å². The molecule has 0 aliphatic heterocycles. The summed E-state index contributed by atoms with van der Waals surface area (Å²) in [5.74, 6) is 0.894. The van der Waals surface area contributed by atoms with E-state index in [9.17, 15) is 0 Å². The van der Waals surface area contributed by atoms with E-state index in [1.54, 1.807) is 0 Å². The summed E-state index contributed by atoms with van der Waals surface area (Å²) in [6, 6.07) is 7.65. The van der Waals surface area contributed by atoms with E-state index in [0.717, 1.165) is 17.7 Å². The number of hydrogen-bond acceptors (Lipinski definition) is 2. The third-order valence-corrected chi connectivity index (χ3v) is 2.91. The molecule has 0 aliphatic carbocycles. The summed E-state index contributed by atoms with van der Waals surface area (Å²) >= 11 is 0. The molecule has 0 heterocycles. The summed E-state index contributed by atoms with van der Waals surface area (Å²) in [6.45, 7) is 4.43. The highest BCUT2D eigenvalue weighted by molar-refractivity contribution is 5.26. The van der Waals surface area contributed by atoms with E-state index in [0.29, 0.717) is 0 Å². The Morgan fingerprint density at radius 3 is 2.41 bits per heavy atom. The highest BCUT2D eigenvalue weighted by Crippen LogP contribution is 2.16. The zero-order valence-corrected chi connectivity index (χ0v) is 11.0. The van der Waals surface area contributed by atoms with Crippen molar-refractivity contribution in [2.24, 2.45) is 0 Å². The summed E-state index contributed by atoms with van der Waals surface area (Å²) in [7, 11) is 0. The van der Waals surface area contributed by atoms with Gasteiger partial charge in [0, 0.05) is 0 Å². The van der Waals surface area contributed by atoms with Crippen LogP contribution in [0.4, 0.5) is 0 Å². The van der Waals surface area contributed by atoms with E-state index >= 15 is 0 Å². The lowest BCUT2D eigenvalue weighted by molar-refractivity contribution is 0.206. The Morgan fingerprint density at radius 1 is 1.12 bits per heavy atom. The van der Waals surface area contributed by atoms with Crippen LogP contribution < -0.4 is 4.74 Å². The zero-order chi connectivity index (χ0) is 12.5. The molecule has 0 unspecified atom stereocenters. The van der Waals surface area contributed by atoms with Crippen LogP contribution in [0, 0.1) is 0 Å². The second-order valence-electron chi connectivity index (χ2n) is 4.58. The average molecular weight is 236 g/mol. The maximum atomic E-state index is 8.94. The molecular formula is C15H24O2. The van der Waals surface area contributed by atoms with Gasteiger partial charge >= 0.3 is 0 Å². The highest BCUT2D eigenvalue weighted by Gasteiger charge is 2.03. The van der Waals surface area contributed by atoms with Gasteiger partial charge in [-0.2, -0.15) is 0 Å². The standard InChI is InChI=1S/C15H24O2/c1-3-4-5-6-7-13(2)17-15-10-8-14(12-16)9-11-15/h8-11,13,16H,3-7,12H2,1-2H3/t13-/m1/s1. The van der Waals surface area contributed by atoms with Gasteiger partial charge in [-0.15, -0.1) is 0 Å². The van der Waals surface area contributed by atoms with Crippen molar-refractivity contribution in [3.05, 3.63) is 29.8 Å².